The Labute approximate surface area is 82.9 Å². The number of thiazole rings is 1. The fourth-order valence-electron chi connectivity index (χ4n) is 0.878. The van der Waals surface area contributed by atoms with Crippen LogP contribution < -0.4 is 5.73 Å². The maximum absolute atomic E-state index is 5.72. The maximum Gasteiger partial charge on any atom is 0.109 e. The molecule has 0 bridgehead atoms. The SMILES string of the molecule is COC(C)(C)c1csc([C@H](C)N)n1. The van der Waals surface area contributed by atoms with Gasteiger partial charge >= 0.3 is 0 Å². The smallest absolute Gasteiger partial charge is 0.109 e. The van der Waals surface area contributed by atoms with Crippen LogP contribution in [0.2, 0.25) is 0 Å². The Kier molecular flexibility index (Phi) is 3.05. The Morgan fingerprint density at radius 3 is 2.62 bits per heavy atom. The fraction of sp³-hybridized carbons (Fsp3) is 0.667. The van der Waals surface area contributed by atoms with Crippen molar-refractivity contribution in [1.82, 2.24) is 4.98 Å². The van der Waals surface area contributed by atoms with Crippen LogP contribution in [-0.4, -0.2) is 12.1 Å². The van der Waals surface area contributed by atoms with E-state index in [-0.39, 0.29) is 11.6 Å². The number of hydrogen-bond donors (Lipinski definition) is 1. The predicted octanol–water partition coefficient (Wildman–Crippen LogP) is 2.04. The van der Waals surface area contributed by atoms with Gasteiger partial charge in [0.25, 0.3) is 0 Å². The van der Waals surface area contributed by atoms with Gasteiger partial charge in [0.05, 0.1) is 11.7 Å². The summed E-state index contributed by atoms with van der Waals surface area (Å²) in [5.41, 5.74) is 6.35. The normalized spacial score (nSPS) is 14.5. The summed E-state index contributed by atoms with van der Waals surface area (Å²) in [4.78, 5) is 4.42. The number of ether oxygens (including phenoxy) is 1. The Hall–Kier alpha value is -0.450. The minimum atomic E-state index is -0.316. The average molecular weight is 200 g/mol. The second kappa shape index (κ2) is 3.74. The lowest BCUT2D eigenvalue weighted by Crippen LogP contribution is -2.20. The van der Waals surface area contributed by atoms with Crippen LogP contribution in [0.4, 0.5) is 0 Å². The fourth-order valence-corrected chi connectivity index (χ4v) is 1.81. The highest BCUT2D eigenvalue weighted by atomic mass is 32.1. The summed E-state index contributed by atoms with van der Waals surface area (Å²) < 4.78 is 5.32. The molecule has 1 atom stereocenters. The quantitative estimate of drug-likeness (QED) is 0.812. The van der Waals surface area contributed by atoms with E-state index in [0.717, 1.165) is 10.7 Å². The Morgan fingerprint density at radius 2 is 2.23 bits per heavy atom. The van der Waals surface area contributed by atoms with Crippen molar-refractivity contribution in [2.75, 3.05) is 7.11 Å². The molecule has 0 aromatic carbocycles. The van der Waals surface area contributed by atoms with Gasteiger partial charge in [-0.05, 0) is 20.8 Å². The van der Waals surface area contributed by atoms with Crippen LogP contribution in [0.15, 0.2) is 5.38 Å². The summed E-state index contributed by atoms with van der Waals surface area (Å²) in [6.45, 7) is 5.92. The molecule has 1 aromatic heterocycles. The van der Waals surface area contributed by atoms with Gasteiger partial charge in [-0.15, -0.1) is 11.3 Å². The summed E-state index contributed by atoms with van der Waals surface area (Å²) in [7, 11) is 1.69. The molecular weight excluding hydrogens is 184 g/mol. The van der Waals surface area contributed by atoms with Crippen molar-refractivity contribution in [2.24, 2.45) is 5.73 Å². The highest BCUT2D eigenvalue weighted by Gasteiger charge is 2.23. The molecule has 1 heterocycles. The van der Waals surface area contributed by atoms with E-state index < -0.39 is 0 Å². The molecule has 0 aliphatic rings. The molecule has 2 N–H and O–H groups in total. The molecule has 74 valence electrons. The van der Waals surface area contributed by atoms with Crippen LogP contribution in [0.5, 0.6) is 0 Å². The van der Waals surface area contributed by atoms with Crippen molar-refractivity contribution >= 4 is 11.3 Å². The lowest BCUT2D eigenvalue weighted by atomic mass is 10.1. The first kappa shape index (κ1) is 10.6. The minimum absolute atomic E-state index is 0.00593. The molecule has 4 heteroatoms. The highest BCUT2D eigenvalue weighted by molar-refractivity contribution is 7.09. The molecular formula is C9H16N2OS. The van der Waals surface area contributed by atoms with Gasteiger partial charge < -0.3 is 10.5 Å². The third-order valence-corrected chi connectivity index (χ3v) is 3.08. The summed E-state index contributed by atoms with van der Waals surface area (Å²) in [5, 5.41) is 2.96. The molecule has 0 saturated carbocycles. The van der Waals surface area contributed by atoms with E-state index in [1.807, 2.05) is 26.2 Å². The Bertz CT molecular complexity index is 281. The van der Waals surface area contributed by atoms with Crippen LogP contribution in [0.3, 0.4) is 0 Å². The van der Waals surface area contributed by atoms with Gasteiger partial charge in [0.15, 0.2) is 0 Å². The van der Waals surface area contributed by atoms with E-state index in [2.05, 4.69) is 4.98 Å². The zero-order chi connectivity index (χ0) is 10.1. The average Bonchev–Trinajstić information content (AvgIpc) is 2.52. The lowest BCUT2D eigenvalue weighted by Gasteiger charge is -2.20. The van der Waals surface area contributed by atoms with Gasteiger partial charge in [0.1, 0.15) is 10.6 Å². The molecule has 0 aliphatic heterocycles. The van der Waals surface area contributed by atoms with Crippen LogP contribution in [0.25, 0.3) is 0 Å². The second-order valence-electron chi connectivity index (χ2n) is 3.57. The first-order chi connectivity index (χ1) is 5.97. The van der Waals surface area contributed by atoms with Crippen molar-refractivity contribution in [3.8, 4) is 0 Å². The van der Waals surface area contributed by atoms with E-state index in [0.29, 0.717) is 0 Å². The molecule has 0 spiro atoms. The van der Waals surface area contributed by atoms with E-state index in [4.69, 9.17) is 10.5 Å². The molecule has 3 nitrogen and oxygen atoms in total. The second-order valence-corrected chi connectivity index (χ2v) is 4.46. The zero-order valence-corrected chi connectivity index (χ0v) is 9.31. The predicted molar refractivity (Wildman–Crippen MR) is 54.8 cm³/mol. The number of nitrogens with zero attached hydrogens (tertiary/aromatic N) is 1. The molecule has 0 amide bonds. The van der Waals surface area contributed by atoms with Gasteiger partial charge in [-0.25, -0.2) is 4.98 Å². The lowest BCUT2D eigenvalue weighted by molar-refractivity contribution is 0.0159. The van der Waals surface area contributed by atoms with Gasteiger partial charge in [0, 0.05) is 12.5 Å². The van der Waals surface area contributed by atoms with E-state index >= 15 is 0 Å². The first-order valence-corrected chi connectivity index (χ1v) is 5.12. The van der Waals surface area contributed by atoms with Crippen LogP contribution in [0, 0.1) is 0 Å². The standard InChI is InChI=1S/C9H16N2OS/c1-6(10)8-11-7(5-13-8)9(2,3)12-4/h5-6H,10H2,1-4H3/t6-/m0/s1. The molecule has 0 fully saturated rings. The summed E-state index contributed by atoms with van der Waals surface area (Å²) in [5.74, 6) is 0. The topological polar surface area (TPSA) is 48.1 Å². The monoisotopic (exact) mass is 200 g/mol. The Morgan fingerprint density at radius 1 is 1.62 bits per heavy atom. The van der Waals surface area contributed by atoms with Crippen molar-refractivity contribution < 1.29 is 4.74 Å². The first-order valence-electron chi connectivity index (χ1n) is 4.24. The summed E-state index contributed by atoms with van der Waals surface area (Å²) in [6.07, 6.45) is 0. The highest BCUT2D eigenvalue weighted by Crippen LogP contribution is 2.26. The van der Waals surface area contributed by atoms with E-state index in [1.54, 1.807) is 18.4 Å². The zero-order valence-electron chi connectivity index (χ0n) is 8.50. The number of nitrogens with two attached hydrogens (primary N) is 1. The number of hydrogen-bond acceptors (Lipinski definition) is 4. The summed E-state index contributed by atoms with van der Waals surface area (Å²) >= 11 is 1.58. The van der Waals surface area contributed by atoms with Crippen LogP contribution >= 0.6 is 11.3 Å². The molecule has 1 rings (SSSR count). The molecule has 0 radical (unpaired) electrons. The van der Waals surface area contributed by atoms with Gasteiger partial charge in [-0.3, -0.25) is 0 Å². The molecule has 0 unspecified atom stereocenters. The third kappa shape index (κ3) is 2.27. The van der Waals surface area contributed by atoms with Crippen molar-refractivity contribution in [3.05, 3.63) is 16.1 Å². The molecule has 1 aromatic rings. The maximum atomic E-state index is 5.72. The van der Waals surface area contributed by atoms with Gasteiger partial charge in [0.2, 0.25) is 0 Å². The van der Waals surface area contributed by atoms with Crippen LogP contribution in [-0.2, 0) is 10.3 Å². The number of rotatable bonds is 3. The third-order valence-electron chi connectivity index (χ3n) is 2.04. The van der Waals surface area contributed by atoms with E-state index in [1.165, 1.54) is 0 Å². The van der Waals surface area contributed by atoms with Gasteiger partial charge in [-0.2, -0.15) is 0 Å². The summed E-state index contributed by atoms with van der Waals surface area (Å²) in [6, 6.07) is 0.00593. The number of methoxy groups -OCH3 is 1. The molecule has 0 saturated heterocycles. The molecule has 13 heavy (non-hydrogen) atoms. The van der Waals surface area contributed by atoms with Crippen molar-refractivity contribution in [3.63, 3.8) is 0 Å². The Balaban J connectivity index is 2.91. The minimum Gasteiger partial charge on any atom is -0.372 e. The number of aromatic nitrogens is 1. The van der Waals surface area contributed by atoms with Crippen molar-refractivity contribution in [2.45, 2.75) is 32.4 Å². The van der Waals surface area contributed by atoms with E-state index in [9.17, 15) is 0 Å². The largest absolute Gasteiger partial charge is 0.372 e. The van der Waals surface area contributed by atoms with Crippen molar-refractivity contribution in [1.29, 1.82) is 0 Å². The molecule has 0 aliphatic carbocycles. The van der Waals surface area contributed by atoms with Gasteiger partial charge in [-0.1, -0.05) is 0 Å². The van der Waals surface area contributed by atoms with Crippen LogP contribution in [0.1, 0.15) is 37.5 Å².